The van der Waals surface area contributed by atoms with Gasteiger partial charge in [-0.15, -0.1) is 11.3 Å². The molecule has 0 unspecified atom stereocenters. The van der Waals surface area contributed by atoms with E-state index < -0.39 is 0 Å². The first-order valence-corrected chi connectivity index (χ1v) is 8.30. The van der Waals surface area contributed by atoms with Crippen LogP contribution in [0.25, 0.3) is 0 Å². The maximum atomic E-state index is 12.4. The van der Waals surface area contributed by atoms with Gasteiger partial charge in [0.25, 0.3) is 5.91 Å². The first-order chi connectivity index (χ1) is 8.49. The highest BCUT2D eigenvalue weighted by molar-refractivity contribution is 9.13. The molecular formula is C12H16Br2N2OS. The van der Waals surface area contributed by atoms with E-state index in [1.165, 1.54) is 11.3 Å². The Morgan fingerprint density at radius 3 is 2.56 bits per heavy atom. The van der Waals surface area contributed by atoms with E-state index in [-0.39, 0.29) is 5.91 Å². The summed E-state index contributed by atoms with van der Waals surface area (Å²) >= 11 is 8.34. The van der Waals surface area contributed by atoms with Gasteiger partial charge in [-0.1, -0.05) is 0 Å². The average molecular weight is 396 g/mol. The first-order valence-electron chi connectivity index (χ1n) is 5.89. The van der Waals surface area contributed by atoms with Crippen LogP contribution in [0.1, 0.15) is 22.5 Å². The molecule has 0 bridgehead atoms. The molecule has 1 fully saturated rings. The third-order valence-electron chi connectivity index (χ3n) is 3.41. The highest BCUT2D eigenvalue weighted by Gasteiger charge is 2.25. The van der Waals surface area contributed by atoms with Crippen molar-refractivity contribution in [1.29, 1.82) is 0 Å². The summed E-state index contributed by atoms with van der Waals surface area (Å²) in [6, 6.07) is 2.26. The summed E-state index contributed by atoms with van der Waals surface area (Å²) in [4.78, 5) is 17.4. The molecule has 100 valence electrons. The van der Waals surface area contributed by atoms with Gasteiger partial charge in [-0.3, -0.25) is 4.79 Å². The monoisotopic (exact) mass is 394 g/mol. The van der Waals surface area contributed by atoms with Gasteiger partial charge in [0.05, 0.1) is 8.66 Å². The van der Waals surface area contributed by atoms with Crippen LogP contribution in [0.3, 0.4) is 0 Å². The zero-order chi connectivity index (χ0) is 13.3. The second-order valence-corrected chi connectivity index (χ2v) is 7.91. The van der Waals surface area contributed by atoms with Gasteiger partial charge in [-0.2, -0.15) is 0 Å². The molecule has 0 N–H and O–H groups in total. The molecule has 0 aliphatic carbocycles. The van der Waals surface area contributed by atoms with Crippen molar-refractivity contribution in [3.63, 3.8) is 0 Å². The molecular weight excluding hydrogens is 380 g/mol. The van der Waals surface area contributed by atoms with Crippen molar-refractivity contribution in [2.45, 2.75) is 18.9 Å². The Bertz CT molecular complexity index is 422. The van der Waals surface area contributed by atoms with Crippen molar-refractivity contribution >= 4 is 49.1 Å². The number of hydrogen-bond acceptors (Lipinski definition) is 3. The molecule has 1 aliphatic heterocycles. The van der Waals surface area contributed by atoms with Crippen LogP contribution in [0.15, 0.2) is 14.3 Å². The van der Waals surface area contributed by atoms with E-state index >= 15 is 0 Å². The topological polar surface area (TPSA) is 23.6 Å². The van der Waals surface area contributed by atoms with E-state index in [4.69, 9.17) is 0 Å². The van der Waals surface area contributed by atoms with Crippen LogP contribution < -0.4 is 0 Å². The van der Waals surface area contributed by atoms with Crippen molar-refractivity contribution in [3.05, 3.63) is 19.2 Å². The lowest BCUT2D eigenvalue weighted by Crippen LogP contribution is -2.44. The minimum absolute atomic E-state index is 0.126. The molecule has 2 heterocycles. The average Bonchev–Trinajstić information content (AvgIpc) is 2.69. The molecule has 2 rings (SSSR count). The Balaban J connectivity index is 2.04. The van der Waals surface area contributed by atoms with Gasteiger partial charge < -0.3 is 9.80 Å². The van der Waals surface area contributed by atoms with Crippen LogP contribution in [0.4, 0.5) is 0 Å². The van der Waals surface area contributed by atoms with E-state index in [0.29, 0.717) is 6.04 Å². The summed E-state index contributed by atoms with van der Waals surface area (Å²) in [6.07, 6.45) is 2.12. The van der Waals surface area contributed by atoms with E-state index in [0.717, 1.165) is 39.1 Å². The molecule has 1 aromatic rings. The Morgan fingerprint density at radius 2 is 2.06 bits per heavy atom. The standard InChI is InChI=1S/C12H16Br2N2OS/c1-15-5-3-8(4-6-15)16(2)12(17)10-7-9(13)11(14)18-10/h7-8H,3-6H2,1-2H3. The number of nitrogens with zero attached hydrogens (tertiary/aromatic N) is 2. The summed E-state index contributed by atoms with van der Waals surface area (Å²) < 4.78 is 1.93. The molecule has 0 aromatic carbocycles. The second kappa shape index (κ2) is 6.03. The highest BCUT2D eigenvalue weighted by Crippen LogP contribution is 2.33. The molecule has 0 saturated carbocycles. The number of halogens is 2. The van der Waals surface area contributed by atoms with Crippen LogP contribution in [0.5, 0.6) is 0 Å². The van der Waals surface area contributed by atoms with E-state index in [9.17, 15) is 4.79 Å². The lowest BCUT2D eigenvalue weighted by Gasteiger charge is -2.34. The number of amides is 1. The van der Waals surface area contributed by atoms with Crippen molar-refractivity contribution in [1.82, 2.24) is 9.80 Å². The van der Waals surface area contributed by atoms with Gasteiger partial charge in [-0.05, 0) is 70.9 Å². The zero-order valence-electron chi connectivity index (χ0n) is 10.4. The predicted molar refractivity (Wildman–Crippen MR) is 82.3 cm³/mol. The Kier molecular flexibility index (Phi) is 4.86. The molecule has 1 aliphatic rings. The highest BCUT2D eigenvalue weighted by atomic mass is 79.9. The fraction of sp³-hybridized carbons (Fsp3) is 0.583. The summed E-state index contributed by atoms with van der Waals surface area (Å²) in [5, 5.41) is 0. The fourth-order valence-electron chi connectivity index (χ4n) is 2.17. The quantitative estimate of drug-likeness (QED) is 0.765. The predicted octanol–water partition coefficient (Wildman–Crippen LogP) is 3.44. The van der Waals surface area contributed by atoms with Crippen LogP contribution >= 0.6 is 43.2 Å². The molecule has 6 heteroatoms. The Hall–Kier alpha value is 0.0900. The second-order valence-electron chi connectivity index (χ2n) is 4.68. The van der Waals surface area contributed by atoms with Gasteiger partial charge >= 0.3 is 0 Å². The smallest absolute Gasteiger partial charge is 0.263 e. The van der Waals surface area contributed by atoms with Gasteiger partial charge in [0.15, 0.2) is 0 Å². The number of carbonyl (C=O) groups is 1. The van der Waals surface area contributed by atoms with Crippen LogP contribution in [0.2, 0.25) is 0 Å². The van der Waals surface area contributed by atoms with Gasteiger partial charge in [-0.25, -0.2) is 0 Å². The Morgan fingerprint density at radius 1 is 1.44 bits per heavy atom. The molecule has 1 saturated heterocycles. The fourth-order valence-corrected chi connectivity index (χ4v) is 4.19. The number of thiophene rings is 1. The molecule has 3 nitrogen and oxygen atoms in total. The Labute approximate surface area is 128 Å². The third-order valence-corrected chi connectivity index (χ3v) is 6.66. The molecule has 0 radical (unpaired) electrons. The van der Waals surface area contributed by atoms with Crippen LogP contribution in [-0.2, 0) is 0 Å². The summed E-state index contributed by atoms with van der Waals surface area (Å²) in [5.74, 6) is 0.126. The lowest BCUT2D eigenvalue weighted by atomic mass is 10.0. The lowest BCUT2D eigenvalue weighted by molar-refractivity contribution is 0.0664. The van der Waals surface area contributed by atoms with Gasteiger partial charge in [0.1, 0.15) is 0 Å². The number of hydrogen-bond donors (Lipinski definition) is 0. The van der Waals surface area contributed by atoms with Gasteiger partial charge in [0, 0.05) is 17.6 Å². The SMILES string of the molecule is CN1CCC(N(C)C(=O)c2cc(Br)c(Br)s2)CC1. The first kappa shape index (κ1) is 14.5. The van der Waals surface area contributed by atoms with Crippen LogP contribution in [-0.4, -0.2) is 48.9 Å². The van der Waals surface area contributed by atoms with Crippen LogP contribution in [0, 0.1) is 0 Å². The maximum Gasteiger partial charge on any atom is 0.263 e. The van der Waals surface area contributed by atoms with Gasteiger partial charge in [0.2, 0.25) is 0 Å². The molecule has 18 heavy (non-hydrogen) atoms. The maximum absolute atomic E-state index is 12.4. The molecule has 0 atom stereocenters. The largest absolute Gasteiger partial charge is 0.338 e. The van der Waals surface area contributed by atoms with Crippen molar-refractivity contribution in [2.75, 3.05) is 27.2 Å². The zero-order valence-corrected chi connectivity index (χ0v) is 14.4. The van der Waals surface area contributed by atoms with E-state index in [2.05, 4.69) is 43.8 Å². The number of rotatable bonds is 2. The van der Waals surface area contributed by atoms with E-state index in [1.807, 2.05) is 18.0 Å². The molecule has 0 spiro atoms. The minimum Gasteiger partial charge on any atom is -0.338 e. The van der Waals surface area contributed by atoms with Crippen molar-refractivity contribution in [2.24, 2.45) is 0 Å². The van der Waals surface area contributed by atoms with Crippen molar-refractivity contribution < 1.29 is 4.79 Å². The summed E-state index contributed by atoms with van der Waals surface area (Å²) in [5.41, 5.74) is 0. The van der Waals surface area contributed by atoms with E-state index in [1.54, 1.807) is 0 Å². The summed E-state index contributed by atoms with van der Waals surface area (Å²) in [7, 11) is 4.05. The molecule has 1 amide bonds. The normalized spacial score (nSPS) is 18.0. The third kappa shape index (κ3) is 3.15. The number of carbonyl (C=O) groups excluding carboxylic acids is 1. The minimum atomic E-state index is 0.126. The molecule has 1 aromatic heterocycles. The summed E-state index contributed by atoms with van der Waals surface area (Å²) in [6.45, 7) is 2.14. The number of piperidine rings is 1. The van der Waals surface area contributed by atoms with Crippen molar-refractivity contribution in [3.8, 4) is 0 Å². The number of likely N-dealkylation sites (tertiary alicyclic amines) is 1.